The van der Waals surface area contributed by atoms with E-state index in [0.717, 1.165) is 53.4 Å². The van der Waals surface area contributed by atoms with Gasteiger partial charge in [-0.15, -0.1) is 0 Å². The molecule has 9 heteroatoms. The molecule has 3 heterocycles. The van der Waals surface area contributed by atoms with Gasteiger partial charge in [0.1, 0.15) is 17.2 Å². The number of nitrogens with one attached hydrogen (secondary N) is 2. The second-order valence-electron chi connectivity index (χ2n) is 7.48. The van der Waals surface area contributed by atoms with Gasteiger partial charge in [-0.05, 0) is 43.8 Å². The fraction of sp³-hybridized carbons (Fsp3) is 0.409. The number of para-hydroxylation sites is 2. The molecule has 9 nitrogen and oxygen atoms in total. The number of aliphatic hydroxyl groups excluding tert-OH is 2. The lowest BCUT2D eigenvalue weighted by molar-refractivity contribution is 0.160. The van der Waals surface area contributed by atoms with Gasteiger partial charge in [-0.3, -0.25) is 4.90 Å². The summed E-state index contributed by atoms with van der Waals surface area (Å²) >= 11 is 0. The average Bonchev–Trinajstić information content (AvgIpc) is 3.35. The Labute approximate surface area is 180 Å². The second-order valence-corrected chi connectivity index (χ2v) is 7.48. The number of aliphatic hydroxyl groups is 2. The third-order valence-electron chi connectivity index (χ3n) is 5.27. The van der Waals surface area contributed by atoms with Crippen LogP contribution in [0, 0.1) is 0 Å². The summed E-state index contributed by atoms with van der Waals surface area (Å²) < 4.78 is 2.10. The SMILES string of the molecule is OCCN(CCO)CCCNCc1nc2cccnc2n1Cc1nc2ccccc2[nH]1. The van der Waals surface area contributed by atoms with E-state index in [1.807, 2.05) is 36.4 Å². The highest BCUT2D eigenvalue weighted by Crippen LogP contribution is 2.17. The van der Waals surface area contributed by atoms with Crippen LogP contribution in [0.2, 0.25) is 0 Å². The zero-order valence-electron chi connectivity index (χ0n) is 17.5. The summed E-state index contributed by atoms with van der Waals surface area (Å²) in [6, 6.07) is 11.9. The van der Waals surface area contributed by atoms with Crippen molar-refractivity contribution in [2.24, 2.45) is 0 Å². The highest BCUT2D eigenvalue weighted by molar-refractivity contribution is 5.75. The maximum atomic E-state index is 9.12. The van der Waals surface area contributed by atoms with Crippen molar-refractivity contribution in [3.05, 3.63) is 54.2 Å². The molecular weight excluding hydrogens is 394 g/mol. The van der Waals surface area contributed by atoms with Crippen LogP contribution in [0.25, 0.3) is 22.2 Å². The van der Waals surface area contributed by atoms with Crippen LogP contribution in [0.3, 0.4) is 0 Å². The second kappa shape index (κ2) is 10.5. The minimum absolute atomic E-state index is 0.103. The van der Waals surface area contributed by atoms with Gasteiger partial charge in [0.2, 0.25) is 0 Å². The predicted octanol–water partition coefficient (Wildman–Crippen LogP) is 1.12. The molecule has 3 aromatic heterocycles. The molecule has 0 aliphatic rings. The minimum Gasteiger partial charge on any atom is -0.395 e. The van der Waals surface area contributed by atoms with E-state index in [2.05, 4.69) is 24.8 Å². The largest absolute Gasteiger partial charge is 0.395 e. The Morgan fingerprint density at radius 2 is 1.77 bits per heavy atom. The lowest BCUT2D eigenvalue weighted by Gasteiger charge is -2.19. The van der Waals surface area contributed by atoms with Gasteiger partial charge >= 0.3 is 0 Å². The van der Waals surface area contributed by atoms with E-state index in [1.54, 1.807) is 6.20 Å². The number of imidazole rings is 2. The van der Waals surface area contributed by atoms with Crippen molar-refractivity contribution in [1.82, 2.24) is 34.7 Å². The topological polar surface area (TPSA) is 115 Å². The Morgan fingerprint density at radius 3 is 2.58 bits per heavy atom. The van der Waals surface area contributed by atoms with Crippen molar-refractivity contribution in [3.8, 4) is 0 Å². The number of aromatic nitrogens is 5. The summed E-state index contributed by atoms with van der Waals surface area (Å²) in [5, 5.41) is 21.7. The van der Waals surface area contributed by atoms with Crippen LogP contribution >= 0.6 is 0 Å². The van der Waals surface area contributed by atoms with Crippen LogP contribution in [0.4, 0.5) is 0 Å². The number of hydrogen-bond donors (Lipinski definition) is 4. The summed E-state index contributed by atoms with van der Waals surface area (Å²) in [6.45, 7) is 4.20. The first-order valence-corrected chi connectivity index (χ1v) is 10.7. The van der Waals surface area contributed by atoms with Crippen molar-refractivity contribution in [1.29, 1.82) is 0 Å². The maximum Gasteiger partial charge on any atom is 0.160 e. The zero-order valence-corrected chi connectivity index (χ0v) is 17.5. The quantitative estimate of drug-likeness (QED) is 0.252. The molecule has 164 valence electrons. The molecule has 31 heavy (non-hydrogen) atoms. The van der Waals surface area contributed by atoms with Crippen molar-refractivity contribution in [2.75, 3.05) is 39.4 Å². The highest BCUT2D eigenvalue weighted by Gasteiger charge is 2.14. The van der Waals surface area contributed by atoms with E-state index >= 15 is 0 Å². The molecule has 0 atom stereocenters. The van der Waals surface area contributed by atoms with Crippen LogP contribution in [0.5, 0.6) is 0 Å². The van der Waals surface area contributed by atoms with Gasteiger partial charge in [-0.25, -0.2) is 15.0 Å². The monoisotopic (exact) mass is 423 g/mol. The summed E-state index contributed by atoms with van der Waals surface area (Å²) in [5.74, 6) is 1.78. The molecule has 0 radical (unpaired) electrons. The first kappa shape index (κ1) is 21.4. The van der Waals surface area contributed by atoms with Crippen molar-refractivity contribution in [3.63, 3.8) is 0 Å². The van der Waals surface area contributed by atoms with Gasteiger partial charge < -0.3 is 25.1 Å². The van der Waals surface area contributed by atoms with Crippen LogP contribution in [-0.2, 0) is 13.1 Å². The predicted molar refractivity (Wildman–Crippen MR) is 120 cm³/mol. The molecule has 0 saturated heterocycles. The molecule has 0 saturated carbocycles. The number of hydrogen-bond acceptors (Lipinski definition) is 7. The number of nitrogens with zero attached hydrogens (tertiary/aromatic N) is 5. The van der Waals surface area contributed by atoms with E-state index in [-0.39, 0.29) is 13.2 Å². The highest BCUT2D eigenvalue weighted by atomic mass is 16.3. The molecule has 0 fully saturated rings. The summed E-state index contributed by atoms with van der Waals surface area (Å²) in [5.41, 5.74) is 3.68. The van der Waals surface area contributed by atoms with Crippen molar-refractivity contribution >= 4 is 22.2 Å². The van der Waals surface area contributed by atoms with Gasteiger partial charge in [0.15, 0.2) is 5.65 Å². The maximum absolute atomic E-state index is 9.12. The normalized spacial score (nSPS) is 11.8. The van der Waals surface area contributed by atoms with E-state index in [1.165, 1.54) is 0 Å². The molecule has 4 aromatic rings. The van der Waals surface area contributed by atoms with E-state index < -0.39 is 0 Å². The fourth-order valence-corrected chi connectivity index (χ4v) is 3.78. The molecule has 1 aromatic carbocycles. The Kier molecular flexibility index (Phi) is 7.21. The van der Waals surface area contributed by atoms with E-state index in [9.17, 15) is 0 Å². The van der Waals surface area contributed by atoms with Crippen LogP contribution in [0.1, 0.15) is 18.1 Å². The smallest absolute Gasteiger partial charge is 0.160 e. The fourth-order valence-electron chi connectivity index (χ4n) is 3.78. The molecule has 0 amide bonds. The number of aromatic amines is 1. The summed E-state index contributed by atoms with van der Waals surface area (Å²) in [7, 11) is 0. The third kappa shape index (κ3) is 5.26. The zero-order chi connectivity index (χ0) is 21.5. The first-order valence-electron chi connectivity index (χ1n) is 10.7. The average molecular weight is 424 g/mol. The Hall–Kier alpha value is -2.85. The minimum atomic E-state index is 0.103. The number of H-pyrrole nitrogens is 1. The van der Waals surface area contributed by atoms with Crippen LogP contribution < -0.4 is 5.32 Å². The Bertz CT molecular complexity index is 1070. The van der Waals surface area contributed by atoms with Crippen LogP contribution in [-0.4, -0.2) is 79.0 Å². The van der Waals surface area contributed by atoms with Crippen molar-refractivity contribution in [2.45, 2.75) is 19.5 Å². The van der Waals surface area contributed by atoms with Crippen molar-refractivity contribution < 1.29 is 10.2 Å². The lowest BCUT2D eigenvalue weighted by Crippen LogP contribution is -2.32. The molecule has 0 aliphatic heterocycles. The first-order chi connectivity index (χ1) is 15.3. The molecule has 4 N–H and O–H groups in total. The van der Waals surface area contributed by atoms with Gasteiger partial charge in [-0.2, -0.15) is 0 Å². The number of rotatable bonds is 12. The van der Waals surface area contributed by atoms with E-state index in [0.29, 0.717) is 26.2 Å². The molecular formula is C22H29N7O2. The summed E-state index contributed by atoms with van der Waals surface area (Å²) in [6.07, 6.45) is 2.70. The van der Waals surface area contributed by atoms with Gasteiger partial charge in [0.25, 0.3) is 0 Å². The number of fused-ring (bicyclic) bond motifs is 2. The van der Waals surface area contributed by atoms with Gasteiger partial charge in [-0.1, -0.05) is 12.1 Å². The van der Waals surface area contributed by atoms with E-state index in [4.69, 9.17) is 20.2 Å². The Balaban J connectivity index is 1.43. The molecule has 0 bridgehead atoms. The van der Waals surface area contributed by atoms with Gasteiger partial charge in [0, 0.05) is 19.3 Å². The summed E-state index contributed by atoms with van der Waals surface area (Å²) in [4.78, 5) is 19.5. The molecule has 0 unspecified atom stereocenters. The lowest BCUT2D eigenvalue weighted by atomic mass is 10.3. The standard InChI is InChI=1S/C22H29N7O2/c30-13-11-28(12-14-31)10-4-8-23-15-21-27-19-7-3-9-24-22(19)29(21)16-20-25-17-5-1-2-6-18(17)26-20/h1-3,5-7,9,23,30-31H,4,8,10-16H2,(H,25,26). The number of pyridine rings is 1. The molecule has 4 rings (SSSR count). The number of benzene rings is 1. The third-order valence-corrected chi connectivity index (χ3v) is 5.27. The molecule has 0 spiro atoms. The van der Waals surface area contributed by atoms with Gasteiger partial charge in [0.05, 0.1) is 37.3 Å². The Morgan fingerprint density at radius 1 is 0.968 bits per heavy atom. The van der Waals surface area contributed by atoms with Crippen LogP contribution in [0.15, 0.2) is 42.6 Å². The molecule has 0 aliphatic carbocycles.